The Kier molecular flexibility index (Phi) is 4.25. The molecule has 0 aromatic carbocycles. The van der Waals surface area contributed by atoms with Gasteiger partial charge in [0.2, 0.25) is 0 Å². The molecular weight excluding hydrogens is 182 g/mol. The molecule has 1 aromatic heterocycles. The number of carbonyl (C=O) groups excluding carboxylic acids is 1. The minimum Gasteiger partial charge on any atom is -0.379 e. The average Bonchev–Trinajstić information content (AvgIpc) is 2.60. The lowest BCUT2D eigenvalue weighted by Gasteiger charge is -2.05. The molecule has 78 valence electrons. The van der Waals surface area contributed by atoms with Crippen molar-refractivity contribution in [3.63, 3.8) is 0 Å². The van der Waals surface area contributed by atoms with Crippen LogP contribution in [0.2, 0.25) is 0 Å². The van der Waals surface area contributed by atoms with Crippen LogP contribution in [-0.4, -0.2) is 34.5 Å². The van der Waals surface area contributed by atoms with Crippen molar-refractivity contribution in [2.45, 2.75) is 20.4 Å². The van der Waals surface area contributed by atoms with E-state index in [0.717, 1.165) is 6.61 Å². The highest BCUT2D eigenvalue weighted by Gasteiger charge is 1.98. The number of hydrogen-bond donors (Lipinski definition) is 0. The Morgan fingerprint density at radius 2 is 2.43 bits per heavy atom. The third-order valence-corrected chi connectivity index (χ3v) is 1.59. The van der Waals surface area contributed by atoms with E-state index in [1.165, 1.54) is 0 Å². The van der Waals surface area contributed by atoms with Crippen molar-refractivity contribution in [3.8, 4) is 0 Å². The number of hydrogen-bond acceptors (Lipinski definition) is 4. The molecule has 0 radical (unpaired) electrons. The summed E-state index contributed by atoms with van der Waals surface area (Å²) in [5.74, 6) is 0.538. The molecule has 0 saturated heterocycles. The van der Waals surface area contributed by atoms with Crippen LogP contribution >= 0.6 is 0 Å². The summed E-state index contributed by atoms with van der Waals surface area (Å²) in [6, 6.07) is 0. The molecule has 1 heterocycles. The van der Waals surface area contributed by atoms with Gasteiger partial charge in [-0.3, -0.25) is 4.79 Å². The number of aromatic nitrogens is 3. The Morgan fingerprint density at radius 3 is 3.00 bits per heavy atom. The smallest absolute Gasteiger partial charge is 0.171 e. The third kappa shape index (κ3) is 3.66. The average molecular weight is 197 g/mol. The van der Waals surface area contributed by atoms with Gasteiger partial charge < -0.3 is 4.74 Å². The Morgan fingerprint density at radius 1 is 1.64 bits per heavy atom. The van der Waals surface area contributed by atoms with Gasteiger partial charge in [-0.1, -0.05) is 19.1 Å². The van der Waals surface area contributed by atoms with Crippen LogP contribution in [0.5, 0.6) is 0 Å². The fourth-order valence-corrected chi connectivity index (χ4v) is 0.954. The first-order valence-electron chi connectivity index (χ1n) is 4.65. The van der Waals surface area contributed by atoms with E-state index in [9.17, 15) is 4.79 Å². The molecule has 0 saturated carbocycles. The summed E-state index contributed by atoms with van der Waals surface area (Å²) in [7, 11) is 0. The SMILES string of the molecule is CC(C)COCCn1cc(C=O)nn1. The molecule has 0 unspecified atom stereocenters. The molecule has 0 aliphatic heterocycles. The lowest BCUT2D eigenvalue weighted by molar-refractivity contribution is 0.101. The van der Waals surface area contributed by atoms with E-state index in [1.54, 1.807) is 10.9 Å². The summed E-state index contributed by atoms with van der Waals surface area (Å²) in [6.07, 6.45) is 2.28. The molecule has 0 amide bonds. The summed E-state index contributed by atoms with van der Waals surface area (Å²) < 4.78 is 6.97. The zero-order valence-electron chi connectivity index (χ0n) is 8.51. The van der Waals surface area contributed by atoms with E-state index in [-0.39, 0.29) is 0 Å². The normalized spacial score (nSPS) is 10.8. The second kappa shape index (κ2) is 5.49. The lowest BCUT2D eigenvalue weighted by Crippen LogP contribution is -2.09. The lowest BCUT2D eigenvalue weighted by atomic mass is 10.2. The quantitative estimate of drug-likeness (QED) is 0.499. The highest BCUT2D eigenvalue weighted by Crippen LogP contribution is 1.93. The maximum Gasteiger partial charge on any atom is 0.171 e. The van der Waals surface area contributed by atoms with Gasteiger partial charge in [-0.05, 0) is 5.92 Å². The highest BCUT2D eigenvalue weighted by molar-refractivity contribution is 5.70. The van der Waals surface area contributed by atoms with Crippen molar-refractivity contribution >= 4 is 6.29 Å². The molecule has 5 heteroatoms. The Bertz CT molecular complexity index is 283. The van der Waals surface area contributed by atoms with Gasteiger partial charge in [-0.15, -0.1) is 5.10 Å². The summed E-state index contributed by atoms with van der Waals surface area (Å²) >= 11 is 0. The maximum absolute atomic E-state index is 10.3. The first kappa shape index (κ1) is 10.8. The van der Waals surface area contributed by atoms with Crippen LogP contribution < -0.4 is 0 Å². The van der Waals surface area contributed by atoms with Gasteiger partial charge in [-0.25, -0.2) is 4.68 Å². The van der Waals surface area contributed by atoms with E-state index in [2.05, 4.69) is 24.2 Å². The summed E-state index contributed by atoms with van der Waals surface area (Å²) in [6.45, 7) is 6.17. The van der Waals surface area contributed by atoms with E-state index >= 15 is 0 Å². The molecule has 0 N–H and O–H groups in total. The van der Waals surface area contributed by atoms with Gasteiger partial charge >= 0.3 is 0 Å². The number of carbonyl (C=O) groups is 1. The number of aldehydes is 1. The van der Waals surface area contributed by atoms with Crippen LogP contribution in [-0.2, 0) is 11.3 Å². The Labute approximate surface area is 83.1 Å². The molecule has 0 bridgehead atoms. The summed E-state index contributed by atoms with van der Waals surface area (Å²) in [4.78, 5) is 10.3. The molecule has 0 spiro atoms. The number of rotatable bonds is 6. The monoisotopic (exact) mass is 197 g/mol. The summed E-state index contributed by atoms with van der Waals surface area (Å²) in [5, 5.41) is 7.40. The van der Waals surface area contributed by atoms with Gasteiger partial charge in [0, 0.05) is 6.61 Å². The van der Waals surface area contributed by atoms with Crippen molar-refractivity contribution in [1.29, 1.82) is 0 Å². The minimum atomic E-state index is 0.355. The van der Waals surface area contributed by atoms with E-state index in [4.69, 9.17) is 4.74 Å². The molecule has 0 fully saturated rings. The van der Waals surface area contributed by atoms with Crippen molar-refractivity contribution in [2.75, 3.05) is 13.2 Å². The fourth-order valence-electron chi connectivity index (χ4n) is 0.954. The van der Waals surface area contributed by atoms with Crippen molar-refractivity contribution < 1.29 is 9.53 Å². The van der Waals surface area contributed by atoms with Crippen LogP contribution in [0.4, 0.5) is 0 Å². The van der Waals surface area contributed by atoms with E-state index < -0.39 is 0 Å². The largest absolute Gasteiger partial charge is 0.379 e. The molecule has 0 atom stereocenters. The van der Waals surface area contributed by atoms with Crippen molar-refractivity contribution in [1.82, 2.24) is 15.0 Å². The van der Waals surface area contributed by atoms with E-state index in [0.29, 0.717) is 31.0 Å². The van der Waals surface area contributed by atoms with Gasteiger partial charge in [0.05, 0.1) is 19.3 Å². The molecule has 1 rings (SSSR count). The van der Waals surface area contributed by atoms with Crippen LogP contribution in [0, 0.1) is 5.92 Å². The predicted molar refractivity (Wildman–Crippen MR) is 51.1 cm³/mol. The molecule has 0 aliphatic rings. The van der Waals surface area contributed by atoms with Crippen molar-refractivity contribution in [2.24, 2.45) is 5.92 Å². The first-order chi connectivity index (χ1) is 6.72. The standard InChI is InChI=1S/C9H15N3O2/c1-8(2)7-14-4-3-12-5-9(6-13)10-11-12/h5-6,8H,3-4,7H2,1-2H3. The minimum absolute atomic E-state index is 0.355. The second-order valence-corrected chi connectivity index (χ2v) is 3.49. The zero-order valence-corrected chi connectivity index (χ0v) is 8.51. The predicted octanol–water partition coefficient (Wildman–Crippen LogP) is 0.763. The highest BCUT2D eigenvalue weighted by atomic mass is 16.5. The van der Waals surface area contributed by atoms with Gasteiger partial charge in [0.15, 0.2) is 6.29 Å². The molecule has 5 nitrogen and oxygen atoms in total. The van der Waals surface area contributed by atoms with Crippen LogP contribution in [0.3, 0.4) is 0 Å². The first-order valence-corrected chi connectivity index (χ1v) is 4.65. The van der Waals surface area contributed by atoms with E-state index in [1.807, 2.05) is 0 Å². The van der Waals surface area contributed by atoms with Crippen LogP contribution in [0.25, 0.3) is 0 Å². The fraction of sp³-hybridized carbons (Fsp3) is 0.667. The van der Waals surface area contributed by atoms with Gasteiger partial charge in [0.1, 0.15) is 5.69 Å². The topological polar surface area (TPSA) is 57.0 Å². The maximum atomic E-state index is 10.3. The Hall–Kier alpha value is -1.23. The molecule has 0 aliphatic carbocycles. The third-order valence-electron chi connectivity index (χ3n) is 1.59. The molecule has 1 aromatic rings. The molecule has 14 heavy (non-hydrogen) atoms. The number of nitrogens with zero attached hydrogens (tertiary/aromatic N) is 3. The van der Waals surface area contributed by atoms with Crippen LogP contribution in [0.15, 0.2) is 6.20 Å². The van der Waals surface area contributed by atoms with Gasteiger partial charge in [0.25, 0.3) is 0 Å². The van der Waals surface area contributed by atoms with Crippen LogP contribution in [0.1, 0.15) is 24.3 Å². The summed E-state index contributed by atoms with van der Waals surface area (Å²) in [5.41, 5.74) is 0.355. The van der Waals surface area contributed by atoms with Crippen molar-refractivity contribution in [3.05, 3.63) is 11.9 Å². The second-order valence-electron chi connectivity index (χ2n) is 3.49. The Balaban J connectivity index is 2.21. The molecular formula is C9H15N3O2. The van der Waals surface area contributed by atoms with Gasteiger partial charge in [-0.2, -0.15) is 0 Å². The zero-order chi connectivity index (χ0) is 10.4. The number of ether oxygens (including phenoxy) is 1.